The van der Waals surface area contributed by atoms with Crippen LogP contribution in [0.2, 0.25) is 5.02 Å². The summed E-state index contributed by atoms with van der Waals surface area (Å²) in [5, 5.41) is 17.5. The van der Waals surface area contributed by atoms with Gasteiger partial charge in [-0.1, -0.05) is 17.7 Å². The van der Waals surface area contributed by atoms with Crippen LogP contribution < -0.4 is 10.7 Å². The van der Waals surface area contributed by atoms with Gasteiger partial charge >= 0.3 is 11.8 Å². The van der Waals surface area contributed by atoms with Crippen molar-refractivity contribution in [1.82, 2.24) is 5.43 Å². The van der Waals surface area contributed by atoms with Gasteiger partial charge < -0.3 is 9.73 Å². The first-order valence-electron chi connectivity index (χ1n) is 9.01. The summed E-state index contributed by atoms with van der Waals surface area (Å²) in [7, 11) is 0. The predicted octanol–water partition coefficient (Wildman–Crippen LogP) is 4.21. The van der Waals surface area contributed by atoms with Crippen LogP contribution in [0.4, 0.5) is 11.4 Å². The molecule has 1 aromatic heterocycles. The molecular formula is C21H17ClN4O5. The van der Waals surface area contributed by atoms with Crippen LogP contribution in [-0.2, 0) is 9.59 Å². The number of nitro groups is 1. The lowest BCUT2D eigenvalue weighted by Gasteiger charge is -2.08. The van der Waals surface area contributed by atoms with Crippen molar-refractivity contribution >= 4 is 41.0 Å². The fraction of sp³-hybridized carbons (Fsp3) is 0.0952. The molecule has 0 spiro atoms. The molecule has 0 radical (unpaired) electrons. The number of nitrogens with zero attached hydrogens (tertiary/aromatic N) is 2. The van der Waals surface area contributed by atoms with Crippen LogP contribution in [0.3, 0.4) is 0 Å². The highest BCUT2D eigenvalue weighted by Gasteiger charge is 2.15. The smallest absolute Gasteiger partial charge is 0.329 e. The zero-order chi connectivity index (χ0) is 22.5. The number of furan rings is 1. The third kappa shape index (κ3) is 5.14. The number of non-ortho nitro benzene ring substituents is 1. The molecule has 0 saturated carbocycles. The maximum atomic E-state index is 12.0. The number of anilines is 1. The van der Waals surface area contributed by atoms with Gasteiger partial charge in [0.05, 0.1) is 11.1 Å². The first-order chi connectivity index (χ1) is 14.8. The molecule has 0 aliphatic rings. The molecule has 0 aliphatic heterocycles. The summed E-state index contributed by atoms with van der Waals surface area (Å²) >= 11 is 5.99. The third-order valence-electron chi connectivity index (χ3n) is 4.39. The highest BCUT2D eigenvalue weighted by molar-refractivity contribution is 6.40. The molecule has 0 atom stereocenters. The first-order valence-corrected chi connectivity index (χ1v) is 9.39. The molecule has 0 fully saturated rings. The van der Waals surface area contributed by atoms with Crippen LogP contribution in [0.25, 0.3) is 11.3 Å². The van der Waals surface area contributed by atoms with Crippen molar-refractivity contribution < 1.29 is 18.9 Å². The van der Waals surface area contributed by atoms with Gasteiger partial charge in [-0.2, -0.15) is 5.10 Å². The normalized spacial score (nSPS) is 10.8. The van der Waals surface area contributed by atoms with Crippen molar-refractivity contribution in [3.63, 3.8) is 0 Å². The van der Waals surface area contributed by atoms with Crippen molar-refractivity contribution in [2.24, 2.45) is 5.10 Å². The number of nitro benzene ring substituents is 1. The van der Waals surface area contributed by atoms with E-state index in [-0.39, 0.29) is 5.69 Å². The van der Waals surface area contributed by atoms with Crippen LogP contribution in [0.15, 0.2) is 58.0 Å². The maximum Gasteiger partial charge on any atom is 0.329 e. The molecule has 31 heavy (non-hydrogen) atoms. The van der Waals surface area contributed by atoms with Crippen molar-refractivity contribution in [3.8, 4) is 11.3 Å². The van der Waals surface area contributed by atoms with E-state index in [1.165, 1.54) is 18.3 Å². The highest BCUT2D eigenvalue weighted by atomic mass is 35.5. The fourth-order valence-electron chi connectivity index (χ4n) is 2.73. The second-order valence-electron chi connectivity index (χ2n) is 6.52. The second kappa shape index (κ2) is 9.23. The lowest BCUT2D eigenvalue weighted by atomic mass is 10.1. The van der Waals surface area contributed by atoms with Crippen LogP contribution >= 0.6 is 11.6 Å². The SMILES string of the molecule is Cc1cc([N+](=O)[O-])ccc1-c1ccc(/C=N/NC(=O)C(=O)Nc2cccc(Cl)c2C)o1. The van der Waals surface area contributed by atoms with Gasteiger partial charge in [-0.15, -0.1) is 0 Å². The molecule has 0 unspecified atom stereocenters. The minimum absolute atomic E-state index is 0.0106. The molecule has 2 N–H and O–H groups in total. The van der Waals surface area contributed by atoms with Crippen molar-refractivity contribution in [2.45, 2.75) is 13.8 Å². The van der Waals surface area contributed by atoms with E-state index in [2.05, 4.69) is 15.8 Å². The van der Waals surface area contributed by atoms with E-state index >= 15 is 0 Å². The molecule has 9 nitrogen and oxygen atoms in total. The summed E-state index contributed by atoms with van der Waals surface area (Å²) in [6.07, 6.45) is 1.24. The lowest BCUT2D eigenvalue weighted by molar-refractivity contribution is -0.384. The zero-order valence-corrected chi connectivity index (χ0v) is 17.3. The lowest BCUT2D eigenvalue weighted by Crippen LogP contribution is -2.32. The zero-order valence-electron chi connectivity index (χ0n) is 16.5. The largest absolute Gasteiger partial charge is 0.455 e. The summed E-state index contributed by atoms with van der Waals surface area (Å²) < 4.78 is 5.63. The van der Waals surface area contributed by atoms with Gasteiger partial charge in [-0.3, -0.25) is 19.7 Å². The average Bonchev–Trinajstić information content (AvgIpc) is 3.19. The van der Waals surface area contributed by atoms with E-state index in [1.807, 2.05) is 0 Å². The second-order valence-corrected chi connectivity index (χ2v) is 6.93. The van der Waals surface area contributed by atoms with Gasteiger partial charge in [-0.25, -0.2) is 5.43 Å². The predicted molar refractivity (Wildman–Crippen MR) is 116 cm³/mol. The number of rotatable bonds is 5. The highest BCUT2D eigenvalue weighted by Crippen LogP contribution is 2.28. The summed E-state index contributed by atoms with van der Waals surface area (Å²) in [6, 6.07) is 12.7. The molecule has 0 bridgehead atoms. The number of nitrogens with one attached hydrogen (secondary N) is 2. The first kappa shape index (κ1) is 21.7. The quantitative estimate of drug-likeness (QED) is 0.266. The van der Waals surface area contributed by atoms with Crippen LogP contribution in [0, 0.1) is 24.0 Å². The Morgan fingerprint density at radius 1 is 1.13 bits per heavy atom. The Morgan fingerprint density at radius 2 is 1.90 bits per heavy atom. The minimum atomic E-state index is -0.964. The molecule has 3 aromatic rings. The van der Waals surface area contributed by atoms with E-state index in [0.717, 1.165) is 0 Å². The third-order valence-corrected chi connectivity index (χ3v) is 4.80. The van der Waals surface area contributed by atoms with E-state index in [9.17, 15) is 19.7 Å². The van der Waals surface area contributed by atoms with Crippen molar-refractivity contribution in [2.75, 3.05) is 5.32 Å². The van der Waals surface area contributed by atoms with E-state index in [1.54, 1.807) is 50.2 Å². The Bertz CT molecular complexity index is 1200. The van der Waals surface area contributed by atoms with Crippen LogP contribution in [-0.4, -0.2) is 23.0 Å². The summed E-state index contributed by atoms with van der Waals surface area (Å²) in [6.45, 7) is 3.45. The number of hydrogen-bond acceptors (Lipinski definition) is 6. The molecule has 3 rings (SSSR count). The topological polar surface area (TPSA) is 127 Å². The molecule has 10 heteroatoms. The molecule has 0 aliphatic carbocycles. The molecule has 2 aromatic carbocycles. The Labute approximate surface area is 181 Å². The number of carbonyl (C=O) groups is 2. The Morgan fingerprint density at radius 3 is 2.61 bits per heavy atom. The van der Waals surface area contributed by atoms with E-state index in [0.29, 0.717) is 38.9 Å². The monoisotopic (exact) mass is 440 g/mol. The summed E-state index contributed by atoms with van der Waals surface area (Å²) in [5.41, 5.74) is 4.53. The van der Waals surface area contributed by atoms with Gasteiger partial charge in [-0.05, 0) is 55.3 Å². The number of benzene rings is 2. The van der Waals surface area contributed by atoms with Gasteiger partial charge in [0, 0.05) is 28.4 Å². The van der Waals surface area contributed by atoms with Crippen molar-refractivity contribution in [3.05, 3.63) is 80.6 Å². The average molecular weight is 441 g/mol. The van der Waals surface area contributed by atoms with Gasteiger partial charge in [0.25, 0.3) is 5.69 Å². The Hall–Kier alpha value is -3.98. The molecule has 2 amide bonds. The molecule has 1 heterocycles. The molecule has 158 valence electrons. The minimum Gasteiger partial charge on any atom is -0.455 e. The van der Waals surface area contributed by atoms with E-state index in [4.69, 9.17) is 16.0 Å². The van der Waals surface area contributed by atoms with Gasteiger partial charge in [0.15, 0.2) is 0 Å². The summed E-state index contributed by atoms with van der Waals surface area (Å²) in [4.78, 5) is 34.3. The Balaban J connectivity index is 1.62. The van der Waals surface area contributed by atoms with Crippen molar-refractivity contribution in [1.29, 1.82) is 0 Å². The standard InChI is InChI=1S/C21H17ClN4O5/c1-12-10-14(26(29)30)6-8-16(12)19-9-7-15(31-19)11-23-25-21(28)20(27)24-18-5-3-4-17(22)13(18)2/h3-11H,1-2H3,(H,24,27)(H,25,28)/b23-11+. The number of aryl methyl sites for hydroxylation is 1. The molecule has 0 saturated heterocycles. The fourth-order valence-corrected chi connectivity index (χ4v) is 2.91. The molecular weight excluding hydrogens is 424 g/mol. The van der Waals surface area contributed by atoms with Crippen LogP contribution in [0.1, 0.15) is 16.9 Å². The maximum absolute atomic E-state index is 12.0. The van der Waals surface area contributed by atoms with Crippen LogP contribution in [0.5, 0.6) is 0 Å². The summed E-state index contributed by atoms with van der Waals surface area (Å²) in [5.74, 6) is -1.06. The van der Waals surface area contributed by atoms with E-state index < -0.39 is 16.7 Å². The van der Waals surface area contributed by atoms with Gasteiger partial charge in [0.2, 0.25) is 0 Å². The number of hydrogen-bond donors (Lipinski definition) is 2. The number of carbonyl (C=O) groups excluding carboxylic acids is 2. The Kier molecular flexibility index (Phi) is 6.46. The number of hydrazone groups is 1. The number of amides is 2. The van der Waals surface area contributed by atoms with Gasteiger partial charge in [0.1, 0.15) is 11.5 Å². The number of halogens is 1.